The Bertz CT molecular complexity index is 409. The van der Waals surface area contributed by atoms with E-state index in [0.29, 0.717) is 6.04 Å². The van der Waals surface area contributed by atoms with Crippen molar-refractivity contribution < 1.29 is 9.84 Å². The molecule has 0 bridgehead atoms. The average molecular weight is 266 g/mol. The number of ether oxygens (including phenoxy) is 1. The highest BCUT2D eigenvalue weighted by Gasteiger charge is 2.25. The van der Waals surface area contributed by atoms with E-state index in [4.69, 9.17) is 9.84 Å². The van der Waals surface area contributed by atoms with Crippen LogP contribution in [0.4, 0.5) is 0 Å². The number of aromatic nitrogens is 2. The molecule has 108 valence electrons. The van der Waals surface area contributed by atoms with E-state index in [1.165, 1.54) is 5.69 Å². The first kappa shape index (κ1) is 14.5. The maximum Gasteiger partial charge on any atom is 0.0823 e. The molecule has 1 atom stereocenters. The summed E-state index contributed by atoms with van der Waals surface area (Å²) in [5.74, 6) is 0. The average Bonchev–Trinajstić information content (AvgIpc) is 2.85. The molecule has 1 fully saturated rings. The van der Waals surface area contributed by atoms with E-state index >= 15 is 0 Å². The summed E-state index contributed by atoms with van der Waals surface area (Å²) in [4.78, 5) is 0. The van der Waals surface area contributed by atoms with Crippen LogP contribution in [0.1, 0.15) is 69.1 Å². The van der Waals surface area contributed by atoms with Crippen LogP contribution in [0.25, 0.3) is 0 Å². The fourth-order valence-corrected chi connectivity index (χ4v) is 2.97. The number of aryl methyl sites for hydroxylation is 1. The minimum atomic E-state index is -0.376. The highest BCUT2D eigenvalue weighted by molar-refractivity contribution is 5.29. The Kier molecular flexibility index (Phi) is 4.99. The molecule has 2 rings (SSSR count). The van der Waals surface area contributed by atoms with Gasteiger partial charge in [-0.1, -0.05) is 20.8 Å². The molecule has 0 aromatic carbocycles. The molecule has 2 heterocycles. The lowest BCUT2D eigenvalue weighted by Crippen LogP contribution is -2.22. The second-order valence-electron chi connectivity index (χ2n) is 5.23. The summed E-state index contributed by atoms with van der Waals surface area (Å²) in [5.41, 5.74) is 3.37. The molecule has 0 aliphatic carbocycles. The maximum atomic E-state index is 10.3. The molecule has 1 aromatic heterocycles. The molecule has 1 aliphatic rings. The van der Waals surface area contributed by atoms with E-state index in [1.807, 2.05) is 6.92 Å². The molecule has 0 radical (unpaired) electrons. The minimum Gasteiger partial charge on any atom is -0.388 e. The molecular weight excluding hydrogens is 240 g/mol. The molecule has 0 spiro atoms. The summed E-state index contributed by atoms with van der Waals surface area (Å²) in [6, 6.07) is 0.437. The van der Waals surface area contributed by atoms with Gasteiger partial charge in [-0.3, -0.25) is 4.68 Å². The van der Waals surface area contributed by atoms with E-state index in [1.54, 1.807) is 0 Å². The van der Waals surface area contributed by atoms with Gasteiger partial charge in [0.2, 0.25) is 0 Å². The lowest BCUT2D eigenvalue weighted by molar-refractivity contribution is 0.0652. The van der Waals surface area contributed by atoms with E-state index in [-0.39, 0.29) is 6.10 Å². The quantitative estimate of drug-likeness (QED) is 0.891. The van der Waals surface area contributed by atoms with E-state index in [9.17, 15) is 5.11 Å². The first-order chi connectivity index (χ1) is 9.22. The Morgan fingerprint density at radius 2 is 1.95 bits per heavy atom. The molecule has 0 amide bonds. The monoisotopic (exact) mass is 266 g/mol. The fourth-order valence-electron chi connectivity index (χ4n) is 2.97. The zero-order valence-electron chi connectivity index (χ0n) is 12.4. The number of aliphatic hydroxyl groups is 1. The topological polar surface area (TPSA) is 47.3 Å². The first-order valence-corrected chi connectivity index (χ1v) is 7.58. The van der Waals surface area contributed by atoms with Gasteiger partial charge in [-0.05, 0) is 32.1 Å². The summed E-state index contributed by atoms with van der Waals surface area (Å²) < 4.78 is 7.61. The van der Waals surface area contributed by atoms with Gasteiger partial charge in [-0.25, -0.2) is 0 Å². The third-order valence-electron chi connectivity index (χ3n) is 4.05. The predicted octanol–water partition coefficient (Wildman–Crippen LogP) is 2.80. The van der Waals surface area contributed by atoms with Crippen LogP contribution in [0.15, 0.2) is 0 Å². The number of nitrogens with zero attached hydrogens (tertiary/aromatic N) is 2. The SMILES string of the molecule is CCc1nn(C2CCOCC2)c(CC)c1C(O)CC. The van der Waals surface area contributed by atoms with Crippen molar-refractivity contribution in [2.45, 2.75) is 65.0 Å². The summed E-state index contributed by atoms with van der Waals surface area (Å²) >= 11 is 0. The zero-order valence-corrected chi connectivity index (χ0v) is 12.4. The molecule has 4 nitrogen and oxygen atoms in total. The van der Waals surface area contributed by atoms with Gasteiger partial charge < -0.3 is 9.84 Å². The number of hydrogen-bond acceptors (Lipinski definition) is 3. The standard InChI is InChI=1S/C15H26N2O2/c1-4-12-15(14(18)6-3)13(5-2)17(16-12)11-7-9-19-10-8-11/h11,14,18H,4-10H2,1-3H3. The molecule has 0 saturated carbocycles. The van der Waals surface area contributed by atoms with Gasteiger partial charge in [-0.15, -0.1) is 0 Å². The first-order valence-electron chi connectivity index (χ1n) is 7.58. The summed E-state index contributed by atoms with van der Waals surface area (Å²) in [5, 5.41) is 15.1. The van der Waals surface area contributed by atoms with Gasteiger partial charge in [0.05, 0.1) is 17.8 Å². The number of rotatable bonds is 5. The van der Waals surface area contributed by atoms with Crippen LogP contribution < -0.4 is 0 Å². The minimum absolute atomic E-state index is 0.376. The van der Waals surface area contributed by atoms with Crippen molar-refractivity contribution in [3.8, 4) is 0 Å². The van der Waals surface area contributed by atoms with Crippen molar-refractivity contribution in [2.75, 3.05) is 13.2 Å². The second-order valence-corrected chi connectivity index (χ2v) is 5.23. The molecule has 1 unspecified atom stereocenters. The molecule has 1 saturated heterocycles. The molecule has 4 heteroatoms. The highest BCUT2D eigenvalue weighted by Crippen LogP contribution is 2.30. The lowest BCUT2D eigenvalue weighted by Gasteiger charge is -2.24. The van der Waals surface area contributed by atoms with Crippen LogP contribution in [0.2, 0.25) is 0 Å². The summed E-state index contributed by atoms with van der Waals surface area (Å²) in [7, 11) is 0. The molecular formula is C15H26N2O2. The molecule has 1 N–H and O–H groups in total. The van der Waals surface area contributed by atoms with Crippen molar-refractivity contribution in [1.29, 1.82) is 0 Å². The Hall–Kier alpha value is -0.870. The Balaban J connectivity index is 2.39. The van der Waals surface area contributed by atoms with E-state index in [0.717, 1.165) is 56.6 Å². The normalized spacial score (nSPS) is 18.7. The molecule has 1 aliphatic heterocycles. The number of aliphatic hydroxyl groups excluding tert-OH is 1. The Morgan fingerprint density at radius 3 is 2.47 bits per heavy atom. The number of hydrogen-bond donors (Lipinski definition) is 1. The van der Waals surface area contributed by atoms with Crippen LogP contribution in [0, 0.1) is 0 Å². The molecule has 19 heavy (non-hydrogen) atoms. The second kappa shape index (κ2) is 6.53. The van der Waals surface area contributed by atoms with Crippen LogP contribution >= 0.6 is 0 Å². The Labute approximate surface area is 115 Å². The van der Waals surface area contributed by atoms with Crippen molar-refractivity contribution in [3.63, 3.8) is 0 Å². The van der Waals surface area contributed by atoms with Gasteiger partial charge in [0, 0.05) is 24.5 Å². The third-order valence-corrected chi connectivity index (χ3v) is 4.05. The van der Waals surface area contributed by atoms with Gasteiger partial charge in [0.15, 0.2) is 0 Å². The fraction of sp³-hybridized carbons (Fsp3) is 0.800. The maximum absolute atomic E-state index is 10.3. The van der Waals surface area contributed by atoms with Crippen LogP contribution in [-0.4, -0.2) is 28.1 Å². The Morgan fingerprint density at radius 1 is 1.26 bits per heavy atom. The van der Waals surface area contributed by atoms with Gasteiger partial charge in [-0.2, -0.15) is 5.10 Å². The largest absolute Gasteiger partial charge is 0.388 e. The van der Waals surface area contributed by atoms with Crippen molar-refractivity contribution in [2.24, 2.45) is 0 Å². The van der Waals surface area contributed by atoms with Crippen molar-refractivity contribution in [1.82, 2.24) is 9.78 Å². The summed E-state index contributed by atoms with van der Waals surface area (Å²) in [6.07, 6.45) is 4.24. The van der Waals surface area contributed by atoms with Gasteiger partial charge in [0.1, 0.15) is 0 Å². The predicted molar refractivity (Wildman–Crippen MR) is 75.3 cm³/mol. The van der Waals surface area contributed by atoms with Crippen LogP contribution in [0.3, 0.4) is 0 Å². The van der Waals surface area contributed by atoms with Gasteiger partial charge >= 0.3 is 0 Å². The summed E-state index contributed by atoms with van der Waals surface area (Å²) in [6.45, 7) is 7.93. The lowest BCUT2D eigenvalue weighted by atomic mass is 10.0. The van der Waals surface area contributed by atoms with Crippen LogP contribution in [0.5, 0.6) is 0 Å². The van der Waals surface area contributed by atoms with Crippen LogP contribution in [-0.2, 0) is 17.6 Å². The highest BCUT2D eigenvalue weighted by atomic mass is 16.5. The van der Waals surface area contributed by atoms with Gasteiger partial charge in [0.25, 0.3) is 0 Å². The van der Waals surface area contributed by atoms with E-state index < -0.39 is 0 Å². The van der Waals surface area contributed by atoms with Crippen molar-refractivity contribution in [3.05, 3.63) is 17.0 Å². The zero-order chi connectivity index (χ0) is 13.8. The third kappa shape index (κ3) is 2.84. The molecule has 1 aromatic rings. The smallest absolute Gasteiger partial charge is 0.0823 e. The van der Waals surface area contributed by atoms with Crippen molar-refractivity contribution >= 4 is 0 Å². The van der Waals surface area contributed by atoms with E-state index in [2.05, 4.69) is 18.5 Å².